The average molecular weight is 569 g/mol. The van der Waals surface area contributed by atoms with Crippen LogP contribution >= 0.6 is 11.6 Å². The highest BCUT2D eigenvalue weighted by Gasteiger charge is 2.22. The molecule has 0 aliphatic carbocycles. The van der Waals surface area contributed by atoms with Crippen LogP contribution in [0.2, 0.25) is 5.02 Å². The van der Waals surface area contributed by atoms with Gasteiger partial charge in [-0.1, -0.05) is 23.7 Å². The van der Waals surface area contributed by atoms with Crippen molar-refractivity contribution in [2.75, 3.05) is 5.32 Å². The number of halogens is 1. The molecule has 13 heteroatoms. The first kappa shape index (κ1) is 27.1. The summed E-state index contributed by atoms with van der Waals surface area (Å²) in [6.07, 6.45) is 5.82. The number of benzene rings is 3. The van der Waals surface area contributed by atoms with E-state index < -0.39 is 23.8 Å². The SMILES string of the molecule is O=C(C=Cc1cc(Cl)ccc1-n1cnnn1)NC(Cc1cnc2ccccc2n1)C(=O)Nc1ccc(C(=O)O)cc1. The minimum atomic E-state index is -1.09. The fourth-order valence-corrected chi connectivity index (χ4v) is 4.14. The van der Waals surface area contributed by atoms with E-state index in [0.29, 0.717) is 38.7 Å². The van der Waals surface area contributed by atoms with E-state index in [1.54, 1.807) is 30.5 Å². The van der Waals surface area contributed by atoms with Crippen molar-refractivity contribution in [2.45, 2.75) is 12.5 Å². The van der Waals surface area contributed by atoms with Gasteiger partial charge in [0.25, 0.3) is 0 Å². The van der Waals surface area contributed by atoms with E-state index in [2.05, 4.69) is 36.1 Å². The van der Waals surface area contributed by atoms with Crippen LogP contribution in [0, 0.1) is 0 Å². The molecule has 0 saturated carbocycles. The Hall–Kier alpha value is -5.49. The van der Waals surface area contributed by atoms with E-state index in [4.69, 9.17) is 16.7 Å². The number of hydrogen-bond donors (Lipinski definition) is 3. The van der Waals surface area contributed by atoms with Crippen molar-refractivity contribution in [2.24, 2.45) is 0 Å². The number of nitrogens with one attached hydrogen (secondary N) is 2. The van der Waals surface area contributed by atoms with E-state index in [1.165, 1.54) is 47.4 Å². The Morgan fingerprint density at radius 3 is 2.54 bits per heavy atom. The molecule has 0 aliphatic rings. The number of anilines is 1. The van der Waals surface area contributed by atoms with Crippen LogP contribution in [0.5, 0.6) is 0 Å². The Balaban J connectivity index is 1.38. The number of carboxylic acids is 1. The summed E-state index contributed by atoms with van der Waals surface area (Å²) in [7, 11) is 0. The summed E-state index contributed by atoms with van der Waals surface area (Å²) < 4.78 is 1.43. The fourth-order valence-electron chi connectivity index (χ4n) is 3.96. The van der Waals surface area contributed by atoms with Crippen LogP contribution in [0.15, 0.2) is 85.3 Å². The molecule has 204 valence electrons. The lowest BCUT2D eigenvalue weighted by atomic mass is 10.1. The first-order chi connectivity index (χ1) is 19.9. The second-order valence-electron chi connectivity index (χ2n) is 8.78. The first-order valence-electron chi connectivity index (χ1n) is 12.2. The van der Waals surface area contributed by atoms with E-state index in [-0.39, 0.29) is 12.0 Å². The predicted octanol–water partition coefficient (Wildman–Crippen LogP) is 3.34. The Kier molecular flexibility index (Phi) is 8.02. The predicted molar refractivity (Wildman–Crippen MR) is 150 cm³/mol. The zero-order valence-electron chi connectivity index (χ0n) is 21.2. The van der Waals surface area contributed by atoms with Gasteiger partial charge in [-0.25, -0.2) is 9.78 Å². The molecular weight excluding hydrogens is 548 g/mol. The lowest BCUT2D eigenvalue weighted by Crippen LogP contribution is -2.44. The van der Waals surface area contributed by atoms with Gasteiger partial charge in [0.1, 0.15) is 12.4 Å². The van der Waals surface area contributed by atoms with Crippen molar-refractivity contribution in [3.63, 3.8) is 0 Å². The molecule has 5 aromatic rings. The van der Waals surface area contributed by atoms with Gasteiger partial charge in [-0.15, -0.1) is 5.10 Å². The Morgan fingerprint density at radius 2 is 1.80 bits per heavy atom. The van der Waals surface area contributed by atoms with Gasteiger partial charge >= 0.3 is 5.97 Å². The van der Waals surface area contributed by atoms with Gasteiger partial charge in [0.05, 0.1) is 28.0 Å². The summed E-state index contributed by atoms with van der Waals surface area (Å²) in [4.78, 5) is 46.5. The highest BCUT2D eigenvalue weighted by atomic mass is 35.5. The molecule has 1 unspecified atom stereocenters. The molecule has 0 aliphatic heterocycles. The van der Waals surface area contributed by atoms with Crippen LogP contribution in [-0.4, -0.2) is 59.1 Å². The molecule has 41 heavy (non-hydrogen) atoms. The molecule has 2 aromatic heterocycles. The average Bonchev–Trinajstić information content (AvgIpc) is 3.51. The largest absolute Gasteiger partial charge is 0.478 e. The van der Waals surface area contributed by atoms with Crippen LogP contribution in [0.3, 0.4) is 0 Å². The molecule has 5 rings (SSSR count). The van der Waals surface area contributed by atoms with Crippen molar-refractivity contribution < 1.29 is 19.5 Å². The normalized spacial score (nSPS) is 11.8. The van der Waals surface area contributed by atoms with Crippen LogP contribution in [-0.2, 0) is 16.0 Å². The fraction of sp³-hybridized carbons (Fsp3) is 0.0714. The minimum absolute atomic E-state index is 0.0451. The van der Waals surface area contributed by atoms with Crippen molar-refractivity contribution in [1.82, 2.24) is 35.5 Å². The molecule has 0 spiro atoms. The highest BCUT2D eigenvalue weighted by molar-refractivity contribution is 6.30. The lowest BCUT2D eigenvalue weighted by molar-refractivity contribution is -0.123. The number of amides is 2. The maximum absolute atomic E-state index is 13.3. The Labute approximate surface area is 237 Å². The molecule has 3 N–H and O–H groups in total. The summed E-state index contributed by atoms with van der Waals surface area (Å²) >= 11 is 6.16. The number of hydrogen-bond acceptors (Lipinski definition) is 8. The summed E-state index contributed by atoms with van der Waals surface area (Å²) in [6.45, 7) is 0. The van der Waals surface area contributed by atoms with Gasteiger partial charge in [-0.2, -0.15) is 4.68 Å². The number of para-hydroxylation sites is 2. The van der Waals surface area contributed by atoms with Gasteiger partial charge in [-0.05, 0) is 71.1 Å². The minimum Gasteiger partial charge on any atom is -0.478 e. The monoisotopic (exact) mass is 568 g/mol. The quantitative estimate of drug-likeness (QED) is 0.226. The van der Waals surface area contributed by atoms with Gasteiger partial charge in [0, 0.05) is 35.0 Å². The van der Waals surface area contributed by atoms with Crippen LogP contribution in [0.1, 0.15) is 21.6 Å². The zero-order chi connectivity index (χ0) is 28.8. The van der Waals surface area contributed by atoms with Crippen LogP contribution in [0.4, 0.5) is 5.69 Å². The Bertz CT molecular complexity index is 1760. The van der Waals surface area contributed by atoms with Crippen LogP contribution in [0.25, 0.3) is 22.8 Å². The summed E-state index contributed by atoms with van der Waals surface area (Å²) in [5, 5.41) is 26.2. The molecule has 2 amide bonds. The molecular formula is C28H21ClN8O4. The number of nitrogens with zero attached hydrogens (tertiary/aromatic N) is 6. The third kappa shape index (κ3) is 6.75. The second-order valence-corrected chi connectivity index (χ2v) is 9.21. The van der Waals surface area contributed by atoms with Crippen molar-refractivity contribution in [3.8, 4) is 5.69 Å². The number of aromatic nitrogens is 6. The highest BCUT2D eigenvalue weighted by Crippen LogP contribution is 2.20. The molecule has 3 aromatic carbocycles. The third-order valence-electron chi connectivity index (χ3n) is 5.94. The first-order valence-corrected chi connectivity index (χ1v) is 12.6. The third-order valence-corrected chi connectivity index (χ3v) is 6.18. The molecule has 0 radical (unpaired) electrons. The maximum atomic E-state index is 13.3. The van der Waals surface area contributed by atoms with Gasteiger partial charge in [0.15, 0.2) is 0 Å². The molecule has 0 saturated heterocycles. The van der Waals surface area contributed by atoms with Gasteiger partial charge in [0.2, 0.25) is 11.8 Å². The number of carbonyl (C=O) groups is 3. The number of tetrazole rings is 1. The molecule has 2 heterocycles. The van der Waals surface area contributed by atoms with Gasteiger partial charge in [-0.3, -0.25) is 14.6 Å². The molecule has 12 nitrogen and oxygen atoms in total. The Morgan fingerprint density at radius 1 is 1.02 bits per heavy atom. The number of rotatable bonds is 9. The van der Waals surface area contributed by atoms with E-state index in [9.17, 15) is 14.4 Å². The number of fused-ring (bicyclic) bond motifs is 1. The molecule has 0 fully saturated rings. The number of aromatic carboxylic acids is 1. The summed E-state index contributed by atoms with van der Waals surface area (Å²) in [5.41, 5.74) is 3.44. The summed E-state index contributed by atoms with van der Waals surface area (Å²) in [6, 6.07) is 17.0. The summed E-state index contributed by atoms with van der Waals surface area (Å²) in [5.74, 6) is -2.16. The van der Waals surface area contributed by atoms with Crippen molar-refractivity contribution in [3.05, 3.63) is 107 Å². The van der Waals surface area contributed by atoms with Crippen molar-refractivity contribution >= 4 is 52.2 Å². The molecule has 1 atom stereocenters. The standard InChI is InChI=1S/C28H21ClN8O4/c29-19-8-11-25(37-16-31-35-36-37)18(13-19)7-12-26(38)34-24(14-21-15-30-22-3-1-2-4-23(22)32-21)27(39)33-20-9-5-17(6-10-20)28(40)41/h1-13,15-16,24H,14H2,(H,33,39)(H,34,38)(H,40,41). The number of carbonyl (C=O) groups excluding carboxylic acids is 2. The smallest absolute Gasteiger partial charge is 0.335 e. The zero-order valence-corrected chi connectivity index (χ0v) is 21.9. The van der Waals surface area contributed by atoms with E-state index >= 15 is 0 Å². The van der Waals surface area contributed by atoms with Crippen molar-refractivity contribution in [1.29, 1.82) is 0 Å². The van der Waals surface area contributed by atoms with Crippen LogP contribution < -0.4 is 10.6 Å². The molecule has 0 bridgehead atoms. The lowest BCUT2D eigenvalue weighted by Gasteiger charge is -2.18. The topological polar surface area (TPSA) is 165 Å². The van der Waals surface area contributed by atoms with E-state index in [1.807, 2.05) is 18.2 Å². The second kappa shape index (κ2) is 12.1. The van der Waals surface area contributed by atoms with Gasteiger partial charge < -0.3 is 15.7 Å². The number of carboxylic acid groups (broad SMARTS) is 1. The maximum Gasteiger partial charge on any atom is 0.335 e. The van der Waals surface area contributed by atoms with E-state index in [0.717, 1.165) is 0 Å².